The number of hydroxylamine groups is 2. The lowest BCUT2D eigenvalue weighted by atomic mass is 10.1. The van der Waals surface area contributed by atoms with E-state index in [1.54, 1.807) is 13.1 Å². The fraction of sp³-hybridized carbons (Fsp3) is 0.385. The monoisotopic (exact) mass is 247 g/mol. The molecule has 1 aromatic carbocycles. The van der Waals surface area contributed by atoms with Crippen molar-refractivity contribution in [1.29, 1.82) is 0 Å². The van der Waals surface area contributed by atoms with Gasteiger partial charge in [-0.25, -0.2) is 10.0 Å². The largest absolute Gasteiger partial charge is 0.342 e. The molecule has 0 spiro atoms. The van der Waals surface area contributed by atoms with Crippen LogP contribution in [0.1, 0.15) is 35.9 Å². The van der Waals surface area contributed by atoms with Crippen LogP contribution in [0.15, 0.2) is 18.2 Å². The number of amides is 1. The number of carbonyl (C=O) groups is 1. The Hall–Kier alpha value is -1.88. The van der Waals surface area contributed by atoms with Crippen LogP contribution < -0.4 is 0 Å². The number of H-pyrrole nitrogens is 1. The summed E-state index contributed by atoms with van der Waals surface area (Å²) < 4.78 is 0. The second-order valence-electron chi connectivity index (χ2n) is 4.46. The average Bonchev–Trinajstić information content (AvgIpc) is 2.80. The molecule has 0 aliphatic heterocycles. The third-order valence-electron chi connectivity index (χ3n) is 2.87. The van der Waals surface area contributed by atoms with Crippen molar-refractivity contribution in [1.82, 2.24) is 15.0 Å². The molecule has 0 bridgehead atoms. The van der Waals surface area contributed by atoms with Gasteiger partial charge in [-0.2, -0.15) is 0 Å². The van der Waals surface area contributed by atoms with E-state index < -0.39 is 0 Å². The van der Waals surface area contributed by atoms with Crippen LogP contribution in [0.4, 0.5) is 0 Å². The number of carbonyl (C=O) groups excluding carboxylic acids is 1. The van der Waals surface area contributed by atoms with E-state index in [0.29, 0.717) is 17.0 Å². The second-order valence-corrected chi connectivity index (χ2v) is 4.46. The van der Waals surface area contributed by atoms with Crippen LogP contribution in [0, 0.1) is 0 Å². The summed E-state index contributed by atoms with van der Waals surface area (Å²) in [5, 5.41) is 1.19. The number of aromatic amines is 1. The molecular weight excluding hydrogens is 230 g/mol. The van der Waals surface area contributed by atoms with E-state index in [9.17, 15) is 4.79 Å². The Morgan fingerprint density at radius 3 is 2.78 bits per heavy atom. The first-order valence-corrected chi connectivity index (χ1v) is 5.85. The van der Waals surface area contributed by atoms with Gasteiger partial charge in [0.05, 0.1) is 18.2 Å². The van der Waals surface area contributed by atoms with Crippen LogP contribution in [0.25, 0.3) is 11.0 Å². The Kier molecular flexibility index (Phi) is 3.34. The minimum absolute atomic E-state index is 0.204. The molecule has 0 fully saturated rings. The standard InChI is InChI=1S/C13H17N3O2/c1-8(2)12-14-10-7-5-6-9(11(10)15-12)13(17)16(3)18-4/h5-8H,1-4H3,(H,14,15). The first kappa shape index (κ1) is 12.6. The highest BCUT2D eigenvalue weighted by Crippen LogP contribution is 2.21. The summed E-state index contributed by atoms with van der Waals surface area (Å²) in [4.78, 5) is 24.7. The lowest BCUT2D eigenvalue weighted by Gasteiger charge is -2.13. The van der Waals surface area contributed by atoms with Gasteiger partial charge in [-0.15, -0.1) is 0 Å². The van der Waals surface area contributed by atoms with Gasteiger partial charge >= 0.3 is 0 Å². The maximum Gasteiger partial charge on any atom is 0.279 e. The normalized spacial score (nSPS) is 11.2. The maximum atomic E-state index is 12.1. The fourth-order valence-corrected chi connectivity index (χ4v) is 1.75. The van der Waals surface area contributed by atoms with Crippen molar-refractivity contribution in [2.75, 3.05) is 14.2 Å². The number of nitrogens with one attached hydrogen (secondary N) is 1. The Morgan fingerprint density at radius 1 is 1.44 bits per heavy atom. The van der Waals surface area contributed by atoms with Gasteiger partial charge in [0, 0.05) is 13.0 Å². The van der Waals surface area contributed by atoms with Gasteiger partial charge in [-0.1, -0.05) is 19.9 Å². The predicted octanol–water partition coefficient (Wildman–Crippen LogP) is 2.32. The van der Waals surface area contributed by atoms with Crippen LogP contribution in [-0.2, 0) is 4.84 Å². The van der Waals surface area contributed by atoms with Gasteiger partial charge in [-0.3, -0.25) is 9.63 Å². The lowest BCUT2D eigenvalue weighted by Crippen LogP contribution is -2.25. The molecule has 0 atom stereocenters. The molecule has 1 amide bonds. The second kappa shape index (κ2) is 4.78. The quantitative estimate of drug-likeness (QED) is 0.847. The molecule has 1 N–H and O–H groups in total. The number of imidazole rings is 1. The minimum Gasteiger partial charge on any atom is -0.342 e. The number of nitrogens with zero attached hydrogens (tertiary/aromatic N) is 2. The number of benzene rings is 1. The average molecular weight is 247 g/mol. The van der Waals surface area contributed by atoms with Crippen LogP contribution >= 0.6 is 0 Å². The summed E-state index contributed by atoms with van der Waals surface area (Å²) in [7, 11) is 3.04. The molecule has 0 saturated carbocycles. The molecule has 18 heavy (non-hydrogen) atoms. The molecule has 0 radical (unpaired) electrons. The molecule has 5 nitrogen and oxygen atoms in total. The zero-order valence-electron chi connectivity index (χ0n) is 11.0. The van der Waals surface area contributed by atoms with E-state index in [0.717, 1.165) is 11.3 Å². The van der Waals surface area contributed by atoms with Crippen molar-refractivity contribution in [2.24, 2.45) is 0 Å². The van der Waals surface area contributed by atoms with E-state index in [1.165, 1.54) is 12.2 Å². The highest BCUT2D eigenvalue weighted by molar-refractivity contribution is 6.04. The number of para-hydroxylation sites is 1. The van der Waals surface area contributed by atoms with Gasteiger partial charge in [0.1, 0.15) is 11.3 Å². The molecule has 0 aliphatic carbocycles. The number of aromatic nitrogens is 2. The highest BCUT2D eigenvalue weighted by Gasteiger charge is 2.17. The van der Waals surface area contributed by atoms with E-state index in [-0.39, 0.29) is 5.91 Å². The molecule has 0 aliphatic rings. The summed E-state index contributed by atoms with van der Waals surface area (Å²) in [6, 6.07) is 5.50. The summed E-state index contributed by atoms with van der Waals surface area (Å²) in [6.07, 6.45) is 0. The van der Waals surface area contributed by atoms with E-state index in [1.807, 2.05) is 12.1 Å². The van der Waals surface area contributed by atoms with E-state index >= 15 is 0 Å². The van der Waals surface area contributed by atoms with Crippen LogP contribution in [0.2, 0.25) is 0 Å². The van der Waals surface area contributed by atoms with Gasteiger partial charge in [0.15, 0.2) is 0 Å². The van der Waals surface area contributed by atoms with Gasteiger partial charge in [0.2, 0.25) is 0 Å². The molecule has 2 rings (SSSR count). The SMILES string of the molecule is CON(C)C(=O)c1cccc2[nH]c(C(C)C)nc12. The molecule has 2 aromatic rings. The maximum absolute atomic E-state index is 12.1. The number of rotatable bonds is 3. The van der Waals surface area contributed by atoms with Gasteiger partial charge in [0.25, 0.3) is 5.91 Å². The fourth-order valence-electron chi connectivity index (χ4n) is 1.75. The topological polar surface area (TPSA) is 58.2 Å². The zero-order valence-corrected chi connectivity index (χ0v) is 11.0. The van der Waals surface area contributed by atoms with Crippen LogP contribution in [0.3, 0.4) is 0 Å². The lowest BCUT2D eigenvalue weighted by molar-refractivity contribution is -0.0755. The minimum atomic E-state index is -0.204. The predicted molar refractivity (Wildman–Crippen MR) is 69.3 cm³/mol. The number of hydrogen-bond acceptors (Lipinski definition) is 3. The summed E-state index contributed by atoms with van der Waals surface area (Å²) >= 11 is 0. The Labute approximate surface area is 106 Å². The summed E-state index contributed by atoms with van der Waals surface area (Å²) in [6.45, 7) is 4.11. The molecular formula is C13H17N3O2. The first-order valence-electron chi connectivity index (χ1n) is 5.85. The van der Waals surface area contributed by atoms with Crippen molar-refractivity contribution in [3.05, 3.63) is 29.6 Å². The first-order chi connectivity index (χ1) is 8.54. The smallest absolute Gasteiger partial charge is 0.279 e. The third-order valence-corrected chi connectivity index (χ3v) is 2.87. The molecule has 0 saturated heterocycles. The van der Waals surface area contributed by atoms with Crippen molar-refractivity contribution < 1.29 is 9.63 Å². The van der Waals surface area contributed by atoms with E-state index in [4.69, 9.17) is 4.84 Å². The Morgan fingerprint density at radius 2 is 2.17 bits per heavy atom. The summed E-state index contributed by atoms with van der Waals surface area (Å²) in [5.74, 6) is 0.968. The van der Waals surface area contributed by atoms with Crippen molar-refractivity contribution in [3.63, 3.8) is 0 Å². The highest BCUT2D eigenvalue weighted by atomic mass is 16.7. The van der Waals surface area contributed by atoms with Crippen LogP contribution in [-0.4, -0.2) is 35.1 Å². The van der Waals surface area contributed by atoms with Gasteiger partial charge < -0.3 is 4.98 Å². The van der Waals surface area contributed by atoms with Crippen molar-refractivity contribution in [2.45, 2.75) is 19.8 Å². The molecule has 0 unspecified atom stereocenters. The molecule has 1 heterocycles. The van der Waals surface area contributed by atoms with Gasteiger partial charge in [-0.05, 0) is 12.1 Å². The van der Waals surface area contributed by atoms with Crippen molar-refractivity contribution >= 4 is 16.9 Å². The third kappa shape index (κ3) is 2.09. The number of hydrogen-bond donors (Lipinski definition) is 1. The Bertz CT molecular complexity index is 575. The number of fused-ring (bicyclic) bond motifs is 1. The molecule has 1 aromatic heterocycles. The molecule has 96 valence electrons. The van der Waals surface area contributed by atoms with Crippen LogP contribution in [0.5, 0.6) is 0 Å². The molecule has 5 heteroatoms. The van der Waals surface area contributed by atoms with E-state index in [2.05, 4.69) is 23.8 Å². The van der Waals surface area contributed by atoms with Crippen molar-refractivity contribution in [3.8, 4) is 0 Å². The summed E-state index contributed by atoms with van der Waals surface area (Å²) in [5.41, 5.74) is 2.10. The zero-order chi connectivity index (χ0) is 13.3. The Balaban J connectivity index is 2.54.